The SMILES string of the molecule is COC(=O)[C@@H]1CCC[C@@H]2SCC[C@H](CC(=O)C(CC[C@H](Cc3ccccc3)C(=O)NC3CCS[C@H]4CCC[C@@H](C)N4C3=O)Cc3ccccc3)C(=O)N21. The van der Waals surface area contributed by atoms with E-state index < -0.39 is 35.8 Å². The number of hydrogen-bond donors (Lipinski definition) is 1. The molecule has 2 aromatic carbocycles. The summed E-state index contributed by atoms with van der Waals surface area (Å²) in [5.74, 6) is -0.405. The molecule has 11 heteroatoms. The van der Waals surface area contributed by atoms with Gasteiger partial charge in [0.1, 0.15) is 17.9 Å². The second-order valence-corrected chi connectivity index (χ2v) is 17.8. The number of amides is 3. The zero-order valence-corrected chi connectivity index (χ0v) is 32.8. The molecule has 2 aromatic rings. The van der Waals surface area contributed by atoms with Crippen LogP contribution < -0.4 is 5.32 Å². The molecule has 53 heavy (non-hydrogen) atoms. The monoisotopic (exact) mass is 761 g/mol. The fourth-order valence-electron chi connectivity index (χ4n) is 8.69. The molecular formula is C42H55N3O6S2. The normalized spacial score (nSPS) is 27.4. The third kappa shape index (κ3) is 9.87. The second kappa shape index (κ2) is 18.8. The van der Waals surface area contributed by atoms with Gasteiger partial charge in [-0.2, -0.15) is 0 Å². The van der Waals surface area contributed by atoms with E-state index in [1.807, 2.05) is 77.3 Å². The fraction of sp³-hybridized carbons (Fsp3) is 0.595. The minimum Gasteiger partial charge on any atom is -0.467 e. The van der Waals surface area contributed by atoms with E-state index in [9.17, 15) is 24.0 Å². The number of hydrogen-bond acceptors (Lipinski definition) is 8. The van der Waals surface area contributed by atoms with E-state index in [0.29, 0.717) is 44.9 Å². The summed E-state index contributed by atoms with van der Waals surface area (Å²) in [5, 5.41) is 3.28. The fourth-order valence-corrected chi connectivity index (χ4v) is 11.6. The lowest BCUT2D eigenvalue weighted by atomic mass is 9.82. The first-order valence-electron chi connectivity index (χ1n) is 19.6. The Morgan fingerprint density at radius 3 is 2.00 bits per heavy atom. The number of ether oxygens (including phenoxy) is 1. The highest BCUT2D eigenvalue weighted by molar-refractivity contribution is 8.00. The van der Waals surface area contributed by atoms with Gasteiger partial charge in [0, 0.05) is 30.2 Å². The van der Waals surface area contributed by atoms with Crippen molar-refractivity contribution in [1.29, 1.82) is 0 Å². The summed E-state index contributed by atoms with van der Waals surface area (Å²) in [6, 6.07) is 18.8. The minimum absolute atomic E-state index is 0.0160. The topological polar surface area (TPSA) is 113 Å². The van der Waals surface area contributed by atoms with Crippen LogP contribution in [0.2, 0.25) is 0 Å². The average Bonchev–Trinajstić information content (AvgIpc) is 3.43. The zero-order chi connectivity index (χ0) is 37.3. The predicted molar refractivity (Wildman–Crippen MR) is 210 cm³/mol. The average molecular weight is 762 g/mol. The van der Waals surface area contributed by atoms with Gasteiger partial charge in [-0.3, -0.25) is 19.2 Å². The molecule has 8 atom stereocenters. The molecule has 0 bridgehead atoms. The Balaban J connectivity index is 1.19. The molecule has 3 amide bonds. The smallest absolute Gasteiger partial charge is 0.328 e. The third-order valence-electron chi connectivity index (χ3n) is 11.7. The van der Waals surface area contributed by atoms with Crippen molar-refractivity contribution in [3.63, 3.8) is 0 Å². The predicted octanol–water partition coefficient (Wildman–Crippen LogP) is 6.43. The highest BCUT2D eigenvalue weighted by Crippen LogP contribution is 2.38. The summed E-state index contributed by atoms with van der Waals surface area (Å²) in [5.41, 5.74) is 2.06. The molecule has 286 valence electrons. The molecule has 0 spiro atoms. The number of nitrogens with one attached hydrogen (secondary N) is 1. The van der Waals surface area contributed by atoms with Crippen molar-refractivity contribution in [2.24, 2.45) is 17.8 Å². The zero-order valence-electron chi connectivity index (χ0n) is 31.2. The largest absolute Gasteiger partial charge is 0.467 e. The Labute approximate surface area is 323 Å². The van der Waals surface area contributed by atoms with Crippen LogP contribution in [0.1, 0.15) is 88.7 Å². The number of piperidine rings is 2. The molecule has 0 aliphatic carbocycles. The standard InChI is InChI=1S/C42H55N3O6S2/c1-28-11-9-17-37-44(28)41(49)34(22-24-53-37)43-39(47)32(26-30-14-7-4-8-15-30)20-19-31(25-29-12-5-3-6-13-29)36(46)27-33-21-23-52-38-18-10-16-35(42(50)51-2)45(38)40(33)48/h3-8,12-15,28,31-35,37-38H,9-11,16-27H2,1-2H3,(H,43,47)/t28-,31?,32-,33-,34?,35+,37+,38+/m1/s1. The van der Waals surface area contributed by atoms with Crippen LogP contribution in [-0.4, -0.2) is 86.8 Å². The number of carbonyl (C=O) groups excluding carboxylic acids is 5. The number of fused-ring (bicyclic) bond motifs is 2. The van der Waals surface area contributed by atoms with Crippen LogP contribution in [0.25, 0.3) is 0 Å². The Hall–Kier alpha value is -3.31. The highest BCUT2D eigenvalue weighted by atomic mass is 32.2. The van der Waals surface area contributed by atoms with Crippen LogP contribution >= 0.6 is 23.5 Å². The maximum Gasteiger partial charge on any atom is 0.328 e. The lowest BCUT2D eigenvalue weighted by molar-refractivity contribution is -0.157. The second-order valence-electron chi connectivity index (χ2n) is 15.2. The van der Waals surface area contributed by atoms with Crippen molar-refractivity contribution in [3.8, 4) is 0 Å². The summed E-state index contributed by atoms with van der Waals surface area (Å²) in [6.45, 7) is 2.11. The number of ketones is 1. The summed E-state index contributed by atoms with van der Waals surface area (Å²) in [7, 11) is 1.36. The van der Waals surface area contributed by atoms with E-state index in [4.69, 9.17) is 4.74 Å². The van der Waals surface area contributed by atoms with E-state index in [-0.39, 0.29) is 46.7 Å². The summed E-state index contributed by atoms with van der Waals surface area (Å²) >= 11 is 3.52. The quantitative estimate of drug-likeness (QED) is 0.233. The van der Waals surface area contributed by atoms with Gasteiger partial charge < -0.3 is 19.9 Å². The van der Waals surface area contributed by atoms with Gasteiger partial charge in [-0.05, 0) is 107 Å². The van der Waals surface area contributed by atoms with Gasteiger partial charge in [0.15, 0.2) is 0 Å². The maximum atomic E-state index is 14.4. The maximum absolute atomic E-state index is 14.4. The molecule has 9 nitrogen and oxygen atoms in total. The van der Waals surface area contributed by atoms with Crippen LogP contribution in [0.15, 0.2) is 60.7 Å². The molecule has 4 aliphatic rings. The van der Waals surface area contributed by atoms with Gasteiger partial charge in [0.05, 0.1) is 17.9 Å². The van der Waals surface area contributed by atoms with Gasteiger partial charge in [-0.15, -0.1) is 23.5 Å². The van der Waals surface area contributed by atoms with Crippen molar-refractivity contribution in [2.45, 2.75) is 119 Å². The summed E-state index contributed by atoms with van der Waals surface area (Å²) < 4.78 is 5.09. The van der Waals surface area contributed by atoms with Gasteiger partial charge >= 0.3 is 5.97 Å². The van der Waals surface area contributed by atoms with Crippen LogP contribution in [0.4, 0.5) is 0 Å². The van der Waals surface area contributed by atoms with Gasteiger partial charge in [0.2, 0.25) is 17.7 Å². The molecule has 0 saturated carbocycles. The molecule has 0 radical (unpaired) electrons. The molecule has 4 aliphatic heterocycles. The first-order valence-corrected chi connectivity index (χ1v) is 21.7. The van der Waals surface area contributed by atoms with Crippen molar-refractivity contribution >= 4 is 53.0 Å². The number of benzene rings is 2. The minimum atomic E-state index is -0.616. The van der Waals surface area contributed by atoms with Gasteiger partial charge in [-0.25, -0.2) is 4.79 Å². The molecule has 6 rings (SSSR count). The molecule has 2 unspecified atom stereocenters. The van der Waals surface area contributed by atoms with Crippen molar-refractivity contribution in [1.82, 2.24) is 15.1 Å². The van der Waals surface area contributed by atoms with Gasteiger partial charge in [0.25, 0.3) is 0 Å². The number of nitrogens with zero attached hydrogens (tertiary/aromatic N) is 2. The van der Waals surface area contributed by atoms with E-state index in [0.717, 1.165) is 54.7 Å². The molecule has 1 N–H and O–H groups in total. The number of rotatable bonds is 13. The Kier molecular flexibility index (Phi) is 14.0. The molecular weight excluding hydrogens is 707 g/mol. The van der Waals surface area contributed by atoms with E-state index in [2.05, 4.69) is 12.2 Å². The van der Waals surface area contributed by atoms with E-state index >= 15 is 0 Å². The first-order chi connectivity index (χ1) is 25.7. The molecule has 4 saturated heterocycles. The molecule has 4 heterocycles. The number of methoxy groups -OCH3 is 1. The lowest BCUT2D eigenvalue weighted by Crippen LogP contribution is -2.55. The first kappa shape index (κ1) is 39.4. The van der Waals surface area contributed by atoms with Crippen LogP contribution in [0.5, 0.6) is 0 Å². The van der Waals surface area contributed by atoms with Crippen molar-refractivity contribution < 1.29 is 28.7 Å². The Bertz CT molecular complexity index is 1580. The van der Waals surface area contributed by atoms with E-state index in [1.54, 1.807) is 16.7 Å². The van der Waals surface area contributed by atoms with Crippen molar-refractivity contribution in [2.75, 3.05) is 18.6 Å². The lowest BCUT2D eigenvalue weighted by Gasteiger charge is -2.40. The Morgan fingerprint density at radius 1 is 0.755 bits per heavy atom. The number of carbonyl (C=O) groups is 5. The van der Waals surface area contributed by atoms with E-state index in [1.165, 1.54) is 7.11 Å². The third-order valence-corrected chi connectivity index (χ3v) is 14.3. The Morgan fingerprint density at radius 2 is 1.34 bits per heavy atom. The highest BCUT2D eigenvalue weighted by Gasteiger charge is 2.44. The van der Waals surface area contributed by atoms with Crippen LogP contribution in [-0.2, 0) is 41.6 Å². The molecule has 0 aromatic heterocycles. The van der Waals surface area contributed by atoms with Crippen LogP contribution in [0, 0.1) is 17.8 Å². The summed E-state index contributed by atoms with van der Waals surface area (Å²) in [4.78, 5) is 73.1. The van der Waals surface area contributed by atoms with Gasteiger partial charge in [-0.1, -0.05) is 60.7 Å². The number of Topliss-reactive ketones (excluding diaryl/α,β-unsaturated/α-hetero) is 1. The number of thioether (sulfide) groups is 2. The number of esters is 1. The van der Waals surface area contributed by atoms with Crippen molar-refractivity contribution in [3.05, 3.63) is 71.8 Å². The van der Waals surface area contributed by atoms with Crippen LogP contribution in [0.3, 0.4) is 0 Å². The summed E-state index contributed by atoms with van der Waals surface area (Å²) in [6.07, 6.45) is 8.58. The molecule has 4 fully saturated rings.